The molecule has 1 N–H and O–H groups in total. The van der Waals surface area contributed by atoms with Crippen LogP contribution in [-0.2, 0) is 10.0 Å². The van der Waals surface area contributed by atoms with Gasteiger partial charge in [0.1, 0.15) is 11.6 Å². The summed E-state index contributed by atoms with van der Waals surface area (Å²) in [6.07, 6.45) is 3.92. The second kappa shape index (κ2) is 8.68. The van der Waals surface area contributed by atoms with E-state index in [0.717, 1.165) is 18.2 Å². The van der Waals surface area contributed by atoms with Crippen LogP contribution in [0.25, 0.3) is 5.69 Å². The number of nitrogens with one attached hydrogen (secondary N) is 1. The Bertz CT molecular complexity index is 997. The van der Waals surface area contributed by atoms with Crippen molar-refractivity contribution in [1.29, 1.82) is 0 Å². The smallest absolute Gasteiger partial charge is 0.321 e. The predicted octanol–water partition coefficient (Wildman–Crippen LogP) is 2.82. The summed E-state index contributed by atoms with van der Waals surface area (Å²) in [5.41, 5.74) is 0.566. The van der Waals surface area contributed by atoms with Gasteiger partial charge in [0.25, 0.3) is 0 Å². The van der Waals surface area contributed by atoms with Crippen molar-refractivity contribution in [2.45, 2.75) is 38.0 Å². The number of hydrogen-bond donors (Lipinski definition) is 1. The summed E-state index contributed by atoms with van der Waals surface area (Å²) in [7, 11) is -1.65. The Morgan fingerprint density at radius 1 is 1.20 bits per heavy atom. The maximum atomic E-state index is 13.4. The van der Waals surface area contributed by atoms with Gasteiger partial charge in [0.05, 0.1) is 29.0 Å². The lowest BCUT2D eigenvalue weighted by atomic mass is 10.1. The largest absolute Gasteiger partial charge is 0.325 e. The molecule has 2 amide bonds. The summed E-state index contributed by atoms with van der Waals surface area (Å²) in [6, 6.07) is 2.56. The van der Waals surface area contributed by atoms with Crippen LogP contribution in [0.3, 0.4) is 0 Å². The predicted molar refractivity (Wildman–Crippen MR) is 109 cm³/mol. The number of piperidine rings is 1. The number of halogens is 2. The SMILES string of the molecule is CC(C)S(=O)(=O)N1CCC(N(C)C(=O)Nc2cnn(-c3cc(F)cc(F)c3)c2)CC1. The first kappa shape index (κ1) is 22.2. The molecule has 0 saturated carbocycles. The fourth-order valence-corrected chi connectivity index (χ4v) is 4.68. The maximum Gasteiger partial charge on any atom is 0.321 e. The molecule has 2 aromatic rings. The number of carbonyl (C=O) groups is 1. The Labute approximate surface area is 174 Å². The number of rotatable bonds is 5. The van der Waals surface area contributed by atoms with Gasteiger partial charge in [0, 0.05) is 32.2 Å². The molecule has 0 radical (unpaired) electrons. The first-order chi connectivity index (χ1) is 14.1. The van der Waals surface area contributed by atoms with Gasteiger partial charge in [-0.1, -0.05) is 0 Å². The van der Waals surface area contributed by atoms with Gasteiger partial charge in [-0.2, -0.15) is 5.10 Å². The Morgan fingerprint density at radius 3 is 2.37 bits per heavy atom. The average Bonchev–Trinajstić information content (AvgIpc) is 3.15. The Morgan fingerprint density at radius 2 is 1.80 bits per heavy atom. The van der Waals surface area contributed by atoms with Gasteiger partial charge in [-0.3, -0.25) is 0 Å². The summed E-state index contributed by atoms with van der Waals surface area (Å²) >= 11 is 0. The number of amides is 2. The van der Waals surface area contributed by atoms with Crippen LogP contribution in [0.5, 0.6) is 0 Å². The van der Waals surface area contributed by atoms with Gasteiger partial charge in [-0.25, -0.2) is 31.0 Å². The topological polar surface area (TPSA) is 87.5 Å². The quantitative estimate of drug-likeness (QED) is 0.773. The second-order valence-electron chi connectivity index (χ2n) is 7.57. The number of nitrogens with zero attached hydrogens (tertiary/aromatic N) is 4. The van der Waals surface area contributed by atoms with Crippen molar-refractivity contribution in [2.24, 2.45) is 0 Å². The van der Waals surface area contributed by atoms with Gasteiger partial charge in [0.2, 0.25) is 10.0 Å². The lowest BCUT2D eigenvalue weighted by molar-refractivity contribution is 0.173. The van der Waals surface area contributed by atoms with E-state index in [0.29, 0.717) is 31.6 Å². The van der Waals surface area contributed by atoms with Crippen LogP contribution in [0.4, 0.5) is 19.3 Å². The molecule has 3 rings (SSSR count). The third-order valence-electron chi connectivity index (χ3n) is 5.19. The molecule has 0 bridgehead atoms. The minimum atomic E-state index is -3.30. The molecule has 1 aliphatic rings. The van der Waals surface area contributed by atoms with E-state index >= 15 is 0 Å². The molecule has 0 spiro atoms. The molecular weight excluding hydrogens is 416 g/mol. The van der Waals surface area contributed by atoms with E-state index in [1.807, 2.05) is 0 Å². The fourth-order valence-electron chi connectivity index (χ4n) is 3.36. The van der Waals surface area contributed by atoms with Crippen LogP contribution in [0.1, 0.15) is 26.7 Å². The number of carbonyl (C=O) groups excluding carboxylic acids is 1. The van der Waals surface area contributed by atoms with E-state index in [9.17, 15) is 22.0 Å². The number of anilines is 1. The van der Waals surface area contributed by atoms with Crippen LogP contribution in [-0.4, -0.2) is 64.9 Å². The highest BCUT2D eigenvalue weighted by molar-refractivity contribution is 7.89. The number of sulfonamides is 1. The van der Waals surface area contributed by atoms with Crippen molar-refractivity contribution in [1.82, 2.24) is 19.0 Å². The zero-order valence-corrected chi connectivity index (χ0v) is 17.9. The Balaban J connectivity index is 1.60. The van der Waals surface area contributed by atoms with Crippen LogP contribution in [0, 0.1) is 11.6 Å². The third kappa shape index (κ3) is 4.78. The van der Waals surface area contributed by atoms with Gasteiger partial charge in [0.15, 0.2) is 0 Å². The number of benzene rings is 1. The van der Waals surface area contributed by atoms with E-state index in [-0.39, 0.29) is 17.8 Å². The monoisotopic (exact) mass is 441 g/mol. The van der Waals surface area contributed by atoms with Crippen molar-refractivity contribution in [3.8, 4) is 5.69 Å². The average molecular weight is 442 g/mol. The van der Waals surface area contributed by atoms with E-state index in [1.165, 1.54) is 21.4 Å². The third-order valence-corrected chi connectivity index (χ3v) is 7.47. The van der Waals surface area contributed by atoms with Crippen molar-refractivity contribution in [3.05, 3.63) is 42.2 Å². The number of urea groups is 1. The number of aromatic nitrogens is 2. The molecule has 2 heterocycles. The molecule has 164 valence electrons. The van der Waals surface area contributed by atoms with Crippen LogP contribution >= 0.6 is 0 Å². The summed E-state index contributed by atoms with van der Waals surface area (Å²) in [4.78, 5) is 14.1. The molecule has 1 aromatic heterocycles. The minimum absolute atomic E-state index is 0.101. The van der Waals surface area contributed by atoms with Gasteiger partial charge in [-0.15, -0.1) is 0 Å². The molecule has 1 aromatic carbocycles. The highest BCUT2D eigenvalue weighted by Gasteiger charge is 2.32. The minimum Gasteiger partial charge on any atom is -0.325 e. The van der Waals surface area contributed by atoms with Crippen molar-refractivity contribution >= 4 is 21.7 Å². The summed E-state index contributed by atoms with van der Waals surface area (Å²) in [5, 5.41) is 6.25. The molecule has 1 aliphatic heterocycles. The lowest BCUT2D eigenvalue weighted by Gasteiger charge is -2.36. The summed E-state index contributed by atoms with van der Waals surface area (Å²) in [6.45, 7) is 4.04. The Hall–Kier alpha value is -2.53. The fraction of sp³-hybridized carbons (Fsp3) is 0.474. The molecule has 8 nitrogen and oxygen atoms in total. The zero-order valence-electron chi connectivity index (χ0n) is 17.0. The molecule has 30 heavy (non-hydrogen) atoms. The lowest BCUT2D eigenvalue weighted by Crippen LogP contribution is -2.49. The maximum absolute atomic E-state index is 13.4. The molecular formula is C19H25F2N5O3S. The molecule has 0 atom stereocenters. The van der Waals surface area contributed by atoms with E-state index in [1.54, 1.807) is 25.8 Å². The highest BCUT2D eigenvalue weighted by Crippen LogP contribution is 2.21. The molecule has 0 unspecified atom stereocenters. The Kier molecular flexibility index (Phi) is 6.41. The van der Waals surface area contributed by atoms with Crippen molar-refractivity contribution in [3.63, 3.8) is 0 Å². The standard InChI is InChI=1S/C19H25F2N5O3S/c1-13(2)30(28,29)25-6-4-17(5-7-25)24(3)19(27)23-16-11-22-26(12-16)18-9-14(20)8-15(21)10-18/h8-13,17H,4-7H2,1-3H3,(H,23,27). The highest BCUT2D eigenvalue weighted by atomic mass is 32.2. The van der Waals surface area contributed by atoms with Crippen LogP contribution < -0.4 is 5.32 Å². The van der Waals surface area contributed by atoms with Gasteiger partial charge >= 0.3 is 6.03 Å². The van der Waals surface area contributed by atoms with Gasteiger partial charge in [-0.05, 0) is 38.8 Å². The van der Waals surface area contributed by atoms with E-state index in [2.05, 4.69) is 10.4 Å². The normalized spacial score (nSPS) is 16.1. The summed E-state index contributed by atoms with van der Waals surface area (Å²) in [5.74, 6) is -1.45. The summed E-state index contributed by atoms with van der Waals surface area (Å²) < 4.78 is 54.1. The van der Waals surface area contributed by atoms with E-state index in [4.69, 9.17) is 0 Å². The number of hydrogen-bond acceptors (Lipinski definition) is 4. The molecule has 1 fully saturated rings. The molecule has 0 aliphatic carbocycles. The van der Waals surface area contributed by atoms with E-state index < -0.39 is 26.9 Å². The van der Waals surface area contributed by atoms with Crippen LogP contribution in [0.2, 0.25) is 0 Å². The van der Waals surface area contributed by atoms with Gasteiger partial charge < -0.3 is 10.2 Å². The zero-order chi connectivity index (χ0) is 22.1. The van der Waals surface area contributed by atoms with Crippen LogP contribution in [0.15, 0.2) is 30.6 Å². The molecule has 1 saturated heterocycles. The van der Waals surface area contributed by atoms with Crippen molar-refractivity contribution < 1.29 is 22.0 Å². The molecule has 11 heteroatoms. The van der Waals surface area contributed by atoms with Crippen molar-refractivity contribution in [2.75, 3.05) is 25.5 Å². The first-order valence-electron chi connectivity index (χ1n) is 9.62. The first-order valence-corrected chi connectivity index (χ1v) is 11.1. The second-order valence-corrected chi connectivity index (χ2v) is 10.1.